The van der Waals surface area contributed by atoms with Gasteiger partial charge in [0.2, 0.25) is 0 Å². The van der Waals surface area contributed by atoms with Crippen molar-refractivity contribution < 1.29 is 14.7 Å². The Labute approximate surface area is 122 Å². The lowest BCUT2D eigenvalue weighted by Crippen LogP contribution is -2.31. The molecule has 5 nitrogen and oxygen atoms in total. The molecule has 0 fully saturated rings. The second kappa shape index (κ2) is 6.56. The number of hydrogen-bond acceptors (Lipinski definition) is 2. The number of anilines is 2. The molecule has 0 atom stereocenters. The summed E-state index contributed by atoms with van der Waals surface area (Å²) in [6.07, 6.45) is -0.0712. The van der Waals surface area contributed by atoms with Gasteiger partial charge in [-0.15, -0.1) is 0 Å². The molecule has 0 bridgehead atoms. The topological polar surface area (TPSA) is 69.6 Å². The van der Waals surface area contributed by atoms with E-state index in [1.54, 1.807) is 31.3 Å². The van der Waals surface area contributed by atoms with Gasteiger partial charge in [-0.2, -0.15) is 0 Å². The van der Waals surface area contributed by atoms with E-state index in [0.717, 1.165) is 5.69 Å². The summed E-state index contributed by atoms with van der Waals surface area (Å²) in [6.45, 7) is 0. The molecule has 0 saturated carbocycles. The van der Waals surface area contributed by atoms with Crippen LogP contribution in [-0.2, 0) is 11.2 Å². The molecule has 0 spiro atoms. The minimum atomic E-state index is -0.903. The Morgan fingerprint density at radius 1 is 1.10 bits per heavy atom. The van der Waals surface area contributed by atoms with Crippen molar-refractivity contribution in [1.29, 1.82) is 0 Å². The van der Waals surface area contributed by atoms with Gasteiger partial charge in [0, 0.05) is 18.4 Å². The second-order valence-electron chi connectivity index (χ2n) is 4.60. The summed E-state index contributed by atoms with van der Waals surface area (Å²) in [4.78, 5) is 24.3. The molecule has 0 unspecified atom stereocenters. The zero-order valence-corrected chi connectivity index (χ0v) is 11.6. The summed E-state index contributed by atoms with van der Waals surface area (Å²) in [6, 6.07) is 15.8. The van der Waals surface area contributed by atoms with Gasteiger partial charge in [-0.3, -0.25) is 9.69 Å². The summed E-state index contributed by atoms with van der Waals surface area (Å²) < 4.78 is 0. The van der Waals surface area contributed by atoms with Crippen LogP contribution in [0.2, 0.25) is 0 Å². The summed E-state index contributed by atoms with van der Waals surface area (Å²) in [5, 5.41) is 11.5. The second-order valence-corrected chi connectivity index (χ2v) is 4.60. The predicted octanol–water partition coefficient (Wildman–Crippen LogP) is 2.98. The minimum Gasteiger partial charge on any atom is -0.481 e. The van der Waals surface area contributed by atoms with E-state index in [0.29, 0.717) is 11.3 Å². The monoisotopic (exact) mass is 284 g/mol. The maximum Gasteiger partial charge on any atom is 0.326 e. The summed E-state index contributed by atoms with van der Waals surface area (Å²) >= 11 is 0. The van der Waals surface area contributed by atoms with Crippen LogP contribution in [0.25, 0.3) is 0 Å². The highest BCUT2D eigenvalue weighted by Crippen LogP contribution is 2.15. The Kier molecular flexibility index (Phi) is 4.56. The third-order valence-corrected chi connectivity index (χ3v) is 2.98. The van der Waals surface area contributed by atoms with E-state index in [9.17, 15) is 9.59 Å². The molecule has 0 aliphatic carbocycles. The van der Waals surface area contributed by atoms with Crippen LogP contribution in [0.15, 0.2) is 54.6 Å². The van der Waals surface area contributed by atoms with Gasteiger partial charge in [-0.25, -0.2) is 4.79 Å². The molecule has 108 valence electrons. The van der Waals surface area contributed by atoms with E-state index >= 15 is 0 Å². The molecule has 0 aliphatic rings. The van der Waals surface area contributed by atoms with Crippen LogP contribution in [0.1, 0.15) is 5.56 Å². The van der Waals surface area contributed by atoms with Crippen molar-refractivity contribution in [2.24, 2.45) is 0 Å². The molecule has 0 aromatic heterocycles. The van der Waals surface area contributed by atoms with Gasteiger partial charge in [0.05, 0.1) is 6.42 Å². The zero-order valence-electron chi connectivity index (χ0n) is 11.6. The summed E-state index contributed by atoms with van der Waals surface area (Å²) in [5.41, 5.74) is 1.99. The number of carbonyl (C=O) groups is 2. The fraction of sp³-hybridized carbons (Fsp3) is 0.125. The van der Waals surface area contributed by atoms with Crippen molar-refractivity contribution in [2.45, 2.75) is 6.42 Å². The number of aliphatic carboxylic acids is 1. The van der Waals surface area contributed by atoms with Crippen LogP contribution in [0.5, 0.6) is 0 Å². The number of carboxylic acids is 1. The standard InChI is InChI=1S/C16H16N2O3/c1-18(14-8-3-2-4-9-14)16(21)17-13-7-5-6-12(10-13)11-15(19)20/h2-10H,11H2,1H3,(H,17,21)(H,19,20). The number of rotatable bonds is 4. The molecule has 21 heavy (non-hydrogen) atoms. The fourth-order valence-electron chi connectivity index (χ4n) is 1.91. The van der Waals surface area contributed by atoms with Crippen molar-refractivity contribution in [3.63, 3.8) is 0 Å². The molecule has 0 aliphatic heterocycles. The molecule has 0 heterocycles. The first-order valence-corrected chi connectivity index (χ1v) is 6.47. The Bertz CT molecular complexity index is 641. The highest BCUT2D eigenvalue weighted by atomic mass is 16.4. The molecule has 5 heteroatoms. The fourth-order valence-corrected chi connectivity index (χ4v) is 1.91. The van der Waals surface area contributed by atoms with Crippen molar-refractivity contribution in [1.82, 2.24) is 0 Å². The van der Waals surface area contributed by atoms with Crippen molar-refractivity contribution in [2.75, 3.05) is 17.3 Å². The van der Waals surface area contributed by atoms with Gasteiger partial charge in [0.1, 0.15) is 0 Å². The number of para-hydroxylation sites is 1. The average Bonchev–Trinajstić information content (AvgIpc) is 2.47. The Morgan fingerprint density at radius 2 is 1.81 bits per heavy atom. The Morgan fingerprint density at radius 3 is 2.48 bits per heavy atom. The first-order chi connectivity index (χ1) is 10.1. The van der Waals surface area contributed by atoms with Crippen LogP contribution in [-0.4, -0.2) is 24.2 Å². The van der Waals surface area contributed by atoms with Crippen molar-refractivity contribution in [3.05, 3.63) is 60.2 Å². The third-order valence-electron chi connectivity index (χ3n) is 2.98. The number of nitrogens with one attached hydrogen (secondary N) is 1. The van der Waals surface area contributed by atoms with Crippen LogP contribution in [0.3, 0.4) is 0 Å². The van der Waals surface area contributed by atoms with Gasteiger partial charge in [-0.05, 0) is 29.8 Å². The highest BCUT2D eigenvalue weighted by molar-refractivity contribution is 6.01. The van der Waals surface area contributed by atoms with Gasteiger partial charge >= 0.3 is 12.0 Å². The van der Waals surface area contributed by atoms with Crippen molar-refractivity contribution in [3.8, 4) is 0 Å². The van der Waals surface area contributed by atoms with E-state index in [1.807, 2.05) is 30.3 Å². The first-order valence-electron chi connectivity index (χ1n) is 6.47. The lowest BCUT2D eigenvalue weighted by Gasteiger charge is -2.18. The molecule has 2 N–H and O–H groups in total. The van der Waals surface area contributed by atoms with Gasteiger partial charge in [-0.1, -0.05) is 30.3 Å². The zero-order chi connectivity index (χ0) is 15.2. The lowest BCUT2D eigenvalue weighted by atomic mass is 10.1. The van der Waals surface area contributed by atoms with Gasteiger partial charge < -0.3 is 10.4 Å². The number of nitrogens with zero attached hydrogens (tertiary/aromatic N) is 1. The summed E-state index contributed by atoms with van der Waals surface area (Å²) in [5.74, 6) is -0.903. The van der Waals surface area contributed by atoms with Gasteiger partial charge in [0.25, 0.3) is 0 Å². The molecule has 0 saturated heterocycles. The number of urea groups is 1. The van der Waals surface area contributed by atoms with Crippen LogP contribution in [0.4, 0.5) is 16.2 Å². The van der Waals surface area contributed by atoms with Crippen LogP contribution >= 0.6 is 0 Å². The average molecular weight is 284 g/mol. The molecule has 2 amide bonds. The van der Waals surface area contributed by atoms with Crippen molar-refractivity contribution >= 4 is 23.4 Å². The number of carboxylic acid groups (broad SMARTS) is 1. The van der Waals surface area contributed by atoms with E-state index < -0.39 is 5.97 Å². The van der Waals surface area contributed by atoms with Gasteiger partial charge in [0.15, 0.2) is 0 Å². The van der Waals surface area contributed by atoms with E-state index in [2.05, 4.69) is 5.32 Å². The molecule has 0 radical (unpaired) electrons. The normalized spacial score (nSPS) is 9.95. The number of carbonyl (C=O) groups excluding carboxylic acids is 1. The molecule has 2 rings (SSSR count). The number of benzene rings is 2. The predicted molar refractivity (Wildman–Crippen MR) is 81.6 cm³/mol. The van der Waals surface area contributed by atoms with Crippen LogP contribution in [0, 0.1) is 0 Å². The largest absolute Gasteiger partial charge is 0.481 e. The highest BCUT2D eigenvalue weighted by Gasteiger charge is 2.11. The minimum absolute atomic E-state index is 0.0712. The number of amides is 2. The third kappa shape index (κ3) is 4.07. The summed E-state index contributed by atoms with van der Waals surface area (Å²) in [7, 11) is 1.67. The molecular formula is C16H16N2O3. The quantitative estimate of drug-likeness (QED) is 0.906. The SMILES string of the molecule is CN(C(=O)Nc1cccc(CC(=O)O)c1)c1ccccc1. The van der Waals surface area contributed by atoms with E-state index in [-0.39, 0.29) is 12.5 Å². The first kappa shape index (κ1) is 14.6. The molecule has 2 aromatic rings. The van der Waals surface area contributed by atoms with Crippen LogP contribution < -0.4 is 10.2 Å². The van der Waals surface area contributed by atoms with E-state index in [4.69, 9.17) is 5.11 Å². The maximum absolute atomic E-state index is 12.1. The smallest absolute Gasteiger partial charge is 0.326 e. The molecular weight excluding hydrogens is 268 g/mol. The lowest BCUT2D eigenvalue weighted by molar-refractivity contribution is -0.136. The maximum atomic E-state index is 12.1. The Balaban J connectivity index is 2.07. The van der Waals surface area contributed by atoms with E-state index in [1.165, 1.54) is 4.90 Å². The number of hydrogen-bond donors (Lipinski definition) is 2. The molecule has 2 aromatic carbocycles. The Hall–Kier alpha value is -2.82.